The summed E-state index contributed by atoms with van der Waals surface area (Å²) in [6, 6.07) is 11.5. The highest BCUT2D eigenvalue weighted by Gasteiger charge is 2.26. The number of halogens is 1. The van der Waals surface area contributed by atoms with Crippen LogP contribution in [0.3, 0.4) is 0 Å². The van der Waals surface area contributed by atoms with Crippen molar-refractivity contribution in [2.45, 2.75) is 32.2 Å². The normalized spacial score (nSPS) is 17.5. The van der Waals surface area contributed by atoms with E-state index in [0.29, 0.717) is 10.6 Å². The van der Waals surface area contributed by atoms with Gasteiger partial charge < -0.3 is 4.90 Å². The zero-order valence-corrected chi connectivity index (χ0v) is 15.4. The minimum Gasteiger partial charge on any atom is -0.336 e. The van der Waals surface area contributed by atoms with E-state index in [-0.39, 0.29) is 11.9 Å². The number of nitrogens with zero attached hydrogens (tertiary/aromatic N) is 3. The third-order valence-electron chi connectivity index (χ3n) is 5.02. The van der Waals surface area contributed by atoms with Gasteiger partial charge in [0.05, 0.1) is 16.8 Å². The Balaban J connectivity index is 1.88. The highest BCUT2D eigenvalue weighted by atomic mass is 35.5. The Morgan fingerprint density at radius 3 is 2.88 bits per heavy atom. The van der Waals surface area contributed by atoms with Crippen molar-refractivity contribution in [2.24, 2.45) is 0 Å². The molecule has 0 saturated carbocycles. The topological polar surface area (TPSA) is 46.1 Å². The molecule has 1 saturated heterocycles. The first-order valence-electron chi connectivity index (χ1n) is 8.95. The average molecular weight is 366 g/mol. The monoisotopic (exact) mass is 365 g/mol. The molecule has 132 valence electrons. The zero-order chi connectivity index (χ0) is 18.1. The van der Waals surface area contributed by atoms with Gasteiger partial charge in [0.15, 0.2) is 0 Å². The van der Waals surface area contributed by atoms with E-state index < -0.39 is 0 Å². The molecular weight excluding hydrogens is 346 g/mol. The van der Waals surface area contributed by atoms with E-state index in [0.717, 1.165) is 41.5 Å². The van der Waals surface area contributed by atoms with Gasteiger partial charge in [-0.15, -0.1) is 0 Å². The van der Waals surface area contributed by atoms with Crippen molar-refractivity contribution in [1.29, 1.82) is 0 Å². The molecule has 1 fully saturated rings. The lowest BCUT2D eigenvalue weighted by atomic mass is 9.99. The van der Waals surface area contributed by atoms with Crippen LogP contribution in [0.4, 0.5) is 0 Å². The van der Waals surface area contributed by atoms with Gasteiger partial charge in [-0.05, 0) is 62.6 Å². The molecule has 4 nitrogen and oxygen atoms in total. The van der Waals surface area contributed by atoms with Gasteiger partial charge in [-0.25, -0.2) is 4.98 Å². The number of carbonyl (C=O) groups is 1. The van der Waals surface area contributed by atoms with Crippen LogP contribution in [0.5, 0.6) is 0 Å². The van der Waals surface area contributed by atoms with Crippen molar-refractivity contribution in [3.63, 3.8) is 0 Å². The fourth-order valence-corrected chi connectivity index (χ4v) is 3.76. The Bertz CT molecular complexity index is 958. The van der Waals surface area contributed by atoms with Crippen molar-refractivity contribution in [2.75, 3.05) is 6.54 Å². The molecule has 2 aromatic heterocycles. The predicted octanol–water partition coefficient (Wildman–Crippen LogP) is 4.96. The number of piperidine rings is 1. The van der Waals surface area contributed by atoms with Crippen molar-refractivity contribution in [3.8, 4) is 11.3 Å². The quantitative estimate of drug-likeness (QED) is 0.644. The maximum Gasteiger partial charge on any atom is 0.254 e. The summed E-state index contributed by atoms with van der Waals surface area (Å²) in [5.41, 5.74) is 3.07. The molecule has 3 aromatic rings. The van der Waals surface area contributed by atoms with Crippen molar-refractivity contribution in [1.82, 2.24) is 14.9 Å². The number of carbonyl (C=O) groups excluding carboxylic acids is 1. The Kier molecular flexibility index (Phi) is 4.60. The molecule has 0 aliphatic carbocycles. The third-order valence-corrected chi connectivity index (χ3v) is 5.26. The number of hydrogen-bond donors (Lipinski definition) is 0. The molecule has 0 unspecified atom stereocenters. The highest BCUT2D eigenvalue weighted by Crippen LogP contribution is 2.29. The summed E-state index contributed by atoms with van der Waals surface area (Å²) < 4.78 is 0. The second-order valence-corrected chi connectivity index (χ2v) is 7.24. The number of amides is 1. The van der Waals surface area contributed by atoms with Gasteiger partial charge in [0, 0.05) is 41.0 Å². The molecule has 1 aliphatic heterocycles. The van der Waals surface area contributed by atoms with Gasteiger partial charge in [-0.2, -0.15) is 0 Å². The number of aromatic nitrogens is 2. The van der Waals surface area contributed by atoms with E-state index in [9.17, 15) is 4.79 Å². The van der Waals surface area contributed by atoms with Crippen LogP contribution in [0.25, 0.3) is 22.2 Å². The first-order valence-corrected chi connectivity index (χ1v) is 9.33. The Labute approximate surface area is 157 Å². The number of benzene rings is 1. The Morgan fingerprint density at radius 1 is 1.23 bits per heavy atom. The summed E-state index contributed by atoms with van der Waals surface area (Å²) >= 11 is 6.20. The molecule has 1 aromatic carbocycles. The van der Waals surface area contributed by atoms with Crippen LogP contribution >= 0.6 is 11.6 Å². The number of likely N-dealkylation sites (tertiary alicyclic amines) is 1. The summed E-state index contributed by atoms with van der Waals surface area (Å²) in [6.07, 6.45) is 6.77. The van der Waals surface area contributed by atoms with Crippen LogP contribution in [0.15, 0.2) is 48.8 Å². The third kappa shape index (κ3) is 3.17. The molecule has 26 heavy (non-hydrogen) atoms. The smallest absolute Gasteiger partial charge is 0.254 e. The van der Waals surface area contributed by atoms with Crippen molar-refractivity contribution < 1.29 is 4.79 Å². The summed E-state index contributed by atoms with van der Waals surface area (Å²) in [4.78, 5) is 24.2. The van der Waals surface area contributed by atoms with Gasteiger partial charge in [0.25, 0.3) is 5.91 Å². The molecule has 1 aliphatic rings. The highest BCUT2D eigenvalue weighted by molar-refractivity contribution is 6.31. The van der Waals surface area contributed by atoms with Gasteiger partial charge in [-0.3, -0.25) is 9.78 Å². The van der Waals surface area contributed by atoms with Crippen LogP contribution in [0.1, 0.15) is 36.5 Å². The van der Waals surface area contributed by atoms with Gasteiger partial charge >= 0.3 is 0 Å². The van der Waals surface area contributed by atoms with Crippen LogP contribution in [0, 0.1) is 0 Å². The second-order valence-electron chi connectivity index (χ2n) is 6.80. The summed E-state index contributed by atoms with van der Waals surface area (Å²) in [6.45, 7) is 2.92. The first kappa shape index (κ1) is 17.0. The molecule has 0 bridgehead atoms. The number of pyridine rings is 2. The largest absolute Gasteiger partial charge is 0.336 e. The van der Waals surface area contributed by atoms with E-state index in [4.69, 9.17) is 16.6 Å². The van der Waals surface area contributed by atoms with Crippen molar-refractivity contribution in [3.05, 3.63) is 59.4 Å². The van der Waals surface area contributed by atoms with Crippen molar-refractivity contribution >= 4 is 28.4 Å². The number of fused-ring (bicyclic) bond motifs is 1. The van der Waals surface area contributed by atoms with E-state index in [2.05, 4.69) is 11.9 Å². The number of rotatable bonds is 2. The number of hydrogen-bond acceptors (Lipinski definition) is 3. The molecular formula is C21H20ClN3O. The van der Waals surface area contributed by atoms with Crippen LogP contribution in [0.2, 0.25) is 5.02 Å². The minimum atomic E-state index is 0.0528. The van der Waals surface area contributed by atoms with E-state index in [1.54, 1.807) is 12.4 Å². The minimum absolute atomic E-state index is 0.0528. The van der Waals surface area contributed by atoms with Crippen LogP contribution < -0.4 is 0 Å². The Morgan fingerprint density at radius 2 is 2.12 bits per heavy atom. The molecule has 0 radical (unpaired) electrons. The molecule has 1 amide bonds. The standard InChI is InChI=1S/C21H20ClN3O/c1-14-5-2-3-10-25(14)21(26)18-12-20(15-6-4-9-23-13-15)24-19-8-7-16(22)11-17(18)19/h4,6-9,11-14H,2-3,5,10H2,1H3/t14-/m1/s1. The molecule has 3 heterocycles. The summed E-state index contributed by atoms with van der Waals surface area (Å²) in [7, 11) is 0. The van der Waals surface area contributed by atoms with Crippen LogP contribution in [-0.2, 0) is 0 Å². The molecule has 4 rings (SSSR count). The lowest BCUT2D eigenvalue weighted by molar-refractivity contribution is 0.0637. The fourth-order valence-electron chi connectivity index (χ4n) is 3.59. The SMILES string of the molecule is C[C@@H]1CCCCN1C(=O)c1cc(-c2cccnc2)nc2ccc(Cl)cc12. The molecule has 0 N–H and O–H groups in total. The molecule has 5 heteroatoms. The zero-order valence-electron chi connectivity index (χ0n) is 14.7. The summed E-state index contributed by atoms with van der Waals surface area (Å²) in [5, 5.41) is 1.40. The molecule has 0 spiro atoms. The maximum atomic E-state index is 13.4. The fraction of sp³-hybridized carbons (Fsp3) is 0.286. The Hall–Kier alpha value is -2.46. The lowest BCUT2D eigenvalue weighted by Gasteiger charge is -2.33. The van der Waals surface area contributed by atoms with E-state index >= 15 is 0 Å². The maximum absolute atomic E-state index is 13.4. The second kappa shape index (κ2) is 7.04. The van der Waals surface area contributed by atoms with Gasteiger partial charge in [0.1, 0.15) is 0 Å². The molecule has 1 atom stereocenters. The average Bonchev–Trinajstić information content (AvgIpc) is 2.68. The predicted molar refractivity (Wildman–Crippen MR) is 104 cm³/mol. The van der Waals surface area contributed by atoms with Crippen LogP contribution in [-0.4, -0.2) is 33.4 Å². The van der Waals surface area contributed by atoms with E-state index in [1.165, 1.54) is 6.42 Å². The van der Waals surface area contributed by atoms with Gasteiger partial charge in [-0.1, -0.05) is 11.6 Å². The van der Waals surface area contributed by atoms with E-state index in [1.807, 2.05) is 41.3 Å². The summed E-state index contributed by atoms with van der Waals surface area (Å²) in [5.74, 6) is 0.0528. The lowest BCUT2D eigenvalue weighted by Crippen LogP contribution is -2.42. The van der Waals surface area contributed by atoms with Gasteiger partial charge in [0.2, 0.25) is 0 Å². The first-order chi connectivity index (χ1) is 12.6.